The molecule has 71 heavy (non-hydrogen) atoms. The summed E-state index contributed by atoms with van der Waals surface area (Å²) in [6.07, 6.45) is 0. The minimum Gasteiger partial charge on any atom is -0.310 e. The molecule has 2 aliphatic heterocycles. The van der Waals surface area contributed by atoms with Crippen LogP contribution in [-0.4, -0.2) is 9.97 Å². The number of anilines is 6. The molecule has 14 rings (SSSR count). The average Bonchev–Trinajstić information content (AvgIpc) is 4.10. The smallest absolute Gasteiger partial charge is 0.124 e. The Morgan fingerprint density at radius 1 is 0.324 bits per heavy atom. The van der Waals surface area contributed by atoms with Gasteiger partial charge in [0.15, 0.2) is 0 Å². The van der Waals surface area contributed by atoms with Gasteiger partial charge in [-0.2, -0.15) is 0 Å². The van der Waals surface area contributed by atoms with Gasteiger partial charge in [0, 0.05) is 38.7 Å². The number of hydrogen-bond acceptors (Lipinski definition) is 6. The average molecular weight is 951 g/mol. The Labute approximate surface area is 423 Å². The van der Waals surface area contributed by atoms with Gasteiger partial charge in [-0.1, -0.05) is 133 Å². The molecule has 0 amide bonds. The zero-order valence-corrected chi connectivity index (χ0v) is 42.2. The summed E-state index contributed by atoms with van der Waals surface area (Å²) < 4.78 is 2.42. The van der Waals surface area contributed by atoms with Gasteiger partial charge in [-0.3, -0.25) is 0 Å². The highest BCUT2D eigenvalue weighted by molar-refractivity contribution is 7.22. The summed E-state index contributed by atoms with van der Waals surface area (Å²) in [5, 5.41) is 2.11. The Hall–Kier alpha value is -7.64. The molecule has 3 aliphatic rings. The zero-order valence-electron chi connectivity index (χ0n) is 40.6. The van der Waals surface area contributed by atoms with Crippen molar-refractivity contribution in [2.75, 3.05) is 9.80 Å². The molecule has 0 spiro atoms. The molecule has 0 bridgehead atoms. The maximum absolute atomic E-state index is 5.06. The largest absolute Gasteiger partial charge is 0.310 e. The van der Waals surface area contributed by atoms with E-state index in [0.29, 0.717) is 0 Å². The molecule has 0 fully saturated rings. The number of para-hydroxylation sites is 4. The van der Waals surface area contributed by atoms with Gasteiger partial charge in [0.2, 0.25) is 0 Å². The second-order valence-corrected chi connectivity index (χ2v) is 23.1. The highest BCUT2D eigenvalue weighted by Crippen LogP contribution is 2.57. The predicted octanol–water partition coefficient (Wildman–Crippen LogP) is 18.4. The lowest BCUT2D eigenvalue weighted by Crippen LogP contribution is -2.30. The van der Waals surface area contributed by atoms with Crippen molar-refractivity contribution in [3.63, 3.8) is 0 Å². The second-order valence-electron chi connectivity index (χ2n) is 21.1. The van der Waals surface area contributed by atoms with Crippen LogP contribution in [0.2, 0.25) is 0 Å². The molecule has 0 unspecified atom stereocenters. The number of aromatic nitrogens is 2. The van der Waals surface area contributed by atoms with Gasteiger partial charge in [-0.05, 0) is 159 Å². The van der Waals surface area contributed by atoms with E-state index in [4.69, 9.17) is 9.97 Å². The van der Waals surface area contributed by atoms with Crippen LogP contribution in [0.1, 0.15) is 74.9 Å². The standard InChI is InChI=1S/C65H50N4S2/c1-63(2)47-15-7-11-19-55(47)68(57-33-26-41(36-51(57)63)61-66-53-17-9-13-21-59(53)70-61)43-28-23-39(24-29-43)40-25-31-45-46-32-30-44(38-50(46)65(5,6)49(45)35-40)69-56-20-12-8-16-48(56)64(3,4)52-37-42(27-34-58(52)69)62-67-54-18-10-14-22-60(54)71-62/h7-38H,1-6H3. The van der Waals surface area contributed by atoms with Gasteiger partial charge in [0.25, 0.3) is 0 Å². The van der Waals surface area contributed by atoms with Crippen molar-refractivity contribution in [3.05, 3.63) is 228 Å². The van der Waals surface area contributed by atoms with E-state index in [1.54, 1.807) is 22.7 Å². The Bertz CT molecular complexity index is 3940. The van der Waals surface area contributed by atoms with Crippen molar-refractivity contribution < 1.29 is 0 Å². The van der Waals surface area contributed by atoms with Crippen LogP contribution in [0.5, 0.6) is 0 Å². The summed E-state index contributed by atoms with van der Waals surface area (Å²) in [5.74, 6) is 0. The molecule has 0 saturated heterocycles. The Morgan fingerprint density at radius 2 is 0.718 bits per heavy atom. The lowest BCUT2D eigenvalue weighted by Gasteiger charge is -2.42. The SMILES string of the molecule is CC1(C)c2cc(-c3ccc(N4c5ccccc5C(C)(C)c5cc(-c6nc7ccccc7s6)ccc54)cc3)ccc2-c2ccc(N3c4ccccc4C(C)(C)c4cc(-c5nc6ccccc6s5)ccc43)cc21. The molecule has 1 aliphatic carbocycles. The van der Waals surface area contributed by atoms with E-state index in [2.05, 4.69) is 245 Å². The lowest BCUT2D eigenvalue weighted by atomic mass is 9.73. The molecule has 0 N–H and O–H groups in total. The van der Waals surface area contributed by atoms with Crippen LogP contribution in [0, 0.1) is 0 Å². The molecule has 9 aromatic carbocycles. The van der Waals surface area contributed by atoms with Crippen molar-refractivity contribution in [2.45, 2.75) is 57.8 Å². The van der Waals surface area contributed by atoms with Crippen LogP contribution in [0.4, 0.5) is 34.1 Å². The van der Waals surface area contributed by atoms with Gasteiger partial charge < -0.3 is 9.80 Å². The van der Waals surface area contributed by atoms with Gasteiger partial charge in [0.1, 0.15) is 10.0 Å². The first-order valence-corrected chi connectivity index (χ1v) is 26.3. The van der Waals surface area contributed by atoms with Crippen LogP contribution < -0.4 is 9.80 Å². The van der Waals surface area contributed by atoms with E-state index in [-0.39, 0.29) is 16.2 Å². The summed E-state index contributed by atoms with van der Waals surface area (Å²) in [6, 6.07) is 72.1. The first-order chi connectivity index (χ1) is 34.4. The molecule has 0 atom stereocenters. The Morgan fingerprint density at radius 3 is 1.27 bits per heavy atom. The molecule has 0 saturated carbocycles. The van der Waals surface area contributed by atoms with Gasteiger partial charge in [0.05, 0.1) is 43.2 Å². The predicted molar refractivity (Wildman–Crippen MR) is 300 cm³/mol. The van der Waals surface area contributed by atoms with Crippen molar-refractivity contribution >= 4 is 77.2 Å². The van der Waals surface area contributed by atoms with E-state index in [1.807, 2.05) is 0 Å². The minimum absolute atomic E-state index is 0.202. The molecular weight excluding hydrogens is 901 g/mol. The molecule has 4 heterocycles. The fraction of sp³-hybridized carbons (Fsp3) is 0.138. The first kappa shape index (κ1) is 42.3. The van der Waals surface area contributed by atoms with Crippen molar-refractivity contribution in [3.8, 4) is 43.4 Å². The maximum atomic E-state index is 5.06. The van der Waals surface area contributed by atoms with Crippen LogP contribution in [0.15, 0.2) is 194 Å². The third-order valence-electron chi connectivity index (χ3n) is 15.9. The summed E-state index contributed by atoms with van der Waals surface area (Å²) >= 11 is 3.53. The third kappa shape index (κ3) is 6.27. The maximum Gasteiger partial charge on any atom is 0.124 e. The van der Waals surface area contributed by atoms with Crippen LogP contribution in [0.25, 0.3) is 63.8 Å². The lowest BCUT2D eigenvalue weighted by molar-refractivity contribution is 0.631. The zero-order chi connectivity index (χ0) is 48.0. The van der Waals surface area contributed by atoms with E-state index in [9.17, 15) is 0 Å². The van der Waals surface area contributed by atoms with Gasteiger partial charge >= 0.3 is 0 Å². The highest BCUT2D eigenvalue weighted by Gasteiger charge is 2.41. The molecule has 4 nitrogen and oxygen atoms in total. The van der Waals surface area contributed by atoms with Gasteiger partial charge in [-0.15, -0.1) is 22.7 Å². The summed E-state index contributed by atoms with van der Waals surface area (Å²) in [7, 11) is 0. The number of rotatable bonds is 5. The fourth-order valence-corrected chi connectivity index (χ4v) is 14.0. The number of benzene rings is 9. The Kier molecular flexibility index (Phi) is 9.04. The molecule has 11 aromatic rings. The summed E-state index contributed by atoms with van der Waals surface area (Å²) in [5.41, 5.74) is 24.0. The van der Waals surface area contributed by atoms with Crippen LogP contribution >= 0.6 is 22.7 Å². The van der Waals surface area contributed by atoms with Gasteiger partial charge in [-0.25, -0.2) is 9.97 Å². The van der Waals surface area contributed by atoms with Crippen LogP contribution in [0.3, 0.4) is 0 Å². The molecule has 0 radical (unpaired) electrons. The topological polar surface area (TPSA) is 32.3 Å². The van der Waals surface area contributed by atoms with Crippen molar-refractivity contribution in [1.29, 1.82) is 0 Å². The fourth-order valence-electron chi connectivity index (χ4n) is 12.1. The second kappa shape index (κ2) is 15.2. The number of thiazole rings is 2. The molecular formula is C65H50N4S2. The van der Waals surface area contributed by atoms with Crippen molar-refractivity contribution in [1.82, 2.24) is 9.97 Å². The molecule has 2 aromatic heterocycles. The molecule has 342 valence electrons. The highest BCUT2D eigenvalue weighted by atomic mass is 32.1. The first-order valence-electron chi connectivity index (χ1n) is 24.6. The number of nitrogens with zero attached hydrogens (tertiary/aromatic N) is 4. The van der Waals surface area contributed by atoms with Crippen LogP contribution in [-0.2, 0) is 16.2 Å². The molecule has 6 heteroatoms. The van der Waals surface area contributed by atoms with E-state index < -0.39 is 0 Å². The van der Waals surface area contributed by atoms with E-state index in [0.717, 1.165) is 37.9 Å². The van der Waals surface area contributed by atoms with Crippen molar-refractivity contribution in [2.24, 2.45) is 0 Å². The number of hydrogen-bond donors (Lipinski definition) is 0. The number of fused-ring (bicyclic) bond motifs is 9. The third-order valence-corrected chi connectivity index (χ3v) is 18.1. The monoisotopic (exact) mass is 950 g/mol. The van der Waals surface area contributed by atoms with E-state index >= 15 is 0 Å². The minimum atomic E-state index is -0.219. The summed E-state index contributed by atoms with van der Waals surface area (Å²) in [6.45, 7) is 14.2. The van der Waals surface area contributed by atoms with E-state index in [1.165, 1.54) is 93.5 Å². The quantitative estimate of drug-likeness (QED) is 0.172. The Balaban J connectivity index is 0.804. The summed E-state index contributed by atoms with van der Waals surface area (Å²) in [4.78, 5) is 15.0. The normalized spacial score (nSPS) is 15.5.